The average molecular weight is 407 g/mol. The highest BCUT2D eigenvalue weighted by Crippen LogP contribution is 2.17. The van der Waals surface area contributed by atoms with Gasteiger partial charge in [-0.25, -0.2) is 4.98 Å². The minimum Gasteiger partial charge on any atom is -0.357 e. The zero-order valence-corrected chi connectivity index (χ0v) is 18.1. The van der Waals surface area contributed by atoms with E-state index in [2.05, 4.69) is 72.9 Å². The van der Waals surface area contributed by atoms with Gasteiger partial charge >= 0.3 is 0 Å². The summed E-state index contributed by atoms with van der Waals surface area (Å²) in [5.41, 5.74) is 2.57. The second kappa shape index (κ2) is 10.4. The third kappa shape index (κ3) is 5.72. The fourth-order valence-corrected chi connectivity index (χ4v) is 4.31. The smallest absolute Gasteiger partial charge is 0.191 e. The lowest BCUT2D eigenvalue weighted by molar-refractivity contribution is 0.198. The molecule has 0 atom stereocenters. The Hall–Kier alpha value is -2.60. The van der Waals surface area contributed by atoms with Gasteiger partial charge in [0.15, 0.2) is 5.96 Å². The van der Waals surface area contributed by atoms with Crippen molar-refractivity contribution in [3.8, 4) is 0 Å². The maximum Gasteiger partial charge on any atom is 0.191 e. The summed E-state index contributed by atoms with van der Waals surface area (Å²) in [6.07, 6.45) is 6.81. The van der Waals surface area contributed by atoms with Crippen LogP contribution in [0.2, 0.25) is 0 Å². The van der Waals surface area contributed by atoms with Gasteiger partial charge in [-0.1, -0.05) is 36.4 Å². The molecule has 1 aromatic carbocycles. The molecule has 30 heavy (non-hydrogen) atoms. The summed E-state index contributed by atoms with van der Waals surface area (Å²) in [5, 5.41) is 7.04. The van der Waals surface area contributed by atoms with Gasteiger partial charge in [0.1, 0.15) is 5.82 Å². The number of benzene rings is 1. The minimum atomic E-state index is 0.471. The normalized spacial score (nSPS) is 18.6. The zero-order chi connectivity index (χ0) is 20.6. The van der Waals surface area contributed by atoms with Crippen LogP contribution in [0.1, 0.15) is 36.8 Å². The van der Waals surface area contributed by atoms with E-state index in [0.717, 1.165) is 63.9 Å². The maximum absolute atomic E-state index is 4.64. The third-order valence-electron chi connectivity index (χ3n) is 6.10. The van der Waals surface area contributed by atoms with Gasteiger partial charge < -0.3 is 15.5 Å². The number of piperidine rings is 1. The predicted molar refractivity (Wildman–Crippen MR) is 124 cm³/mol. The van der Waals surface area contributed by atoms with Crippen LogP contribution in [0.5, 0.6) is 0 Å². The van der Waals surface area contributed by atoms with E-state index in [1.165, 1.54) is 24.0 Å². The number of nitrogens with one attached hydrogen (secondary N) is 2. The summed E-state index contributed by atoms with van der Waals surface area (Å²) in [4.78, 5) is 14.0. The topological polar surface area (TPSA) is 55.8 Å². The summed E-state index contributed by atoms with van der Waals surface area (Å²) in [6.45, 7) is 6.27. The molecule has 2 aliphatic rings. The van der Waals surface area contributed by atoms with Gasteiger partial charge in [-0.3, -0.25) is 9.89 Å². The Bertz CT molecular complexity index is 790. The van der Waals surface area contributed by atoms with E-state index in [0.29, 0.717) is 6.04 Å². The molecule has 0 bridgehead atoms. The lowest BCUT2D eigenvalue weighted by atomic mass is 10.0. The maximum atomic E-state index is 4.64. The highest BCUT2D eigenvalue weighted by Gasteiger charge is 2.20. The van der Waals surface area contributed by atoms with E-state index in [1.807, 2.05) is 13.2 Å². The standard InChI is InChI=1S/C24H34N6/c1-25-24(27-18-21-9-10-23(26-17-21)30-13-5-6-14-30)28-22-11-15-29(16-12-22)19-20-7-3-2-4-8-20/h2-4,7-10,17,22H,5-6,11-16,18-19H2,1H3,(H2,25,27,28). The first-order chi connectivity index (χ1) is 14.8. The highest BCUT2D eigenvalue weighted by molar-refractivity contribution is 5.79. The highest BCUT2D eigenvalue weighted by atomic mass is 15.2. The molecule has 2 aromatic rings. The number of aromatic nitrogens is 1. The Kier molecular flexibility index (Phi) is 7.19. The molecular formula is C24H34N6. The molecule has 160 valence electrons. The third-order valence-corrected chi connectivity index (χ3v) is 6.10. The van der Waals surface area contributed by atoms with Crippen molar-refractivity contribution in [2.75, 3.05) is 38.1 Å². The number of hydrogen-bond acceptors (Lipinski definition) is 4. The van der Waals surface area contributed by atoms with Crippen molar-refractivity contribution in [1.82, 2.24) is 20.5 Å². The number of hydrogen-bond donors (Lipinski definition) is 2. The van der Waals surface area contributed by atoms with Crippen molar-refractivity contribution in [3.63, 3.8) is 0 Å². The molecule has 1 aromatic heterocycles. The van der Waals surface area contributed by atoms with Crippen LogP contribution in [-0.4, -0.2) is 55.1 Å². The summed E-state index contributed by atoms with van der Waals surface area (Å²) in [7, 11) is 1.84. The molecule has 2 fully saturated rings. The molecule has 6 heteroatoms. The molecule has 3 heterocycles. The molecule has 2 aliphatic heterocycles. The Morgan fingerprint density at radius 2 is 1.77 bits per heavy atom. The summed E-state index contributed by atoms with van der Waals surface area (Å²) < 4.78 is 0. The van der Waals surface area contributed by atoms with Crippen LogP contribution in [0.4, 0.5) is 5.82 Å². The van der Waals surface area contributed by atoms with Crippen molar-refractivity contribution >= 4 is 11.8 Å². The molecule has 2 saturated heterocycles. The molecular weight excluding hydrogens is 372 g/mol. The molecule has 0 saturated carbocycles. The van der Waals surface area contributed by atoms with Crippen molar-refractivity contribution in [2.24, 2.45) is 4.99 Å². The lowest BCUT2D eigenvalue weighted by Crippen LogP contribution is -2.48. The van der Waals surface area contributed by atoms with Gasteiger partial charge in [-0.05, 0) is 42.9 Å². The Morgan fingerprint density at radius 1 is 1.00 bits per heavy atom. The molecule has 0 radical (unpaired) electrons. The lowest BCUT2D eigenvalue weighted by Gasteiger charge is -2.33. The average Bonchev–Trinajstić information content (AvgIpc) is 3.34. The van der Waals surface area contributed by atoms with Gasteiger partial charge in [0.2, 0.25) is 0 Å². The van der Waals surface area contributed by atoms with Crippen molar-refractivity contribution in [2.45, 2.75) is 44.8 Å². The molecule has 2 N–H and O–H groups in total. The number of guanidine groups is 1. The Balaban J connectivity index is 1.20. The molecule has 0 unspecified atom stereocenters. The van der Waals surface area contributed by atoms with Crippen LogP contribution in [0, 0.1) is 0 Å². The summed E-state index contributed by atoms with van der Waals surface area (Å²) >= 11 is 0. The first kappa shape index (κ1) is 20.7. The summed E-state index contributed by atoms with van der Waals surface area (Å²) in [5.74, 6) is 1.97. The van der Waals surface area contributed by atoms with Crippen LogP contribution in [0.3, 0.4) is 0 Å². The first-order valence-electron chi connectivity index (χ1n) is 11.2. The molecule has 0 aliphatic carbocycles. The fraction of sp³-hybridized carbons (Fsp3) is 0.500. The quantitative estimate of drug-likeness (QED) is 0.571. The van der Waals surface area contributed by atoms with E-state index < -0.39 is 0 Å². The number of aliphatic imine (C=N–C) groups is 1. The van der Waals surface area contributed by atoms with Gasteiger partial charge in [0.05, 0.1) is 0 Å². The fourth-order valence-electron chi connectivity index (χ4n) is 4.31. The van der Waals surface area contributed by atoms with Crippen LogP contribution in [0.25, 0.3) is 0 Å². The molecule has 0 amide bonds. The number of pyridine rings is 1. The van der Waals surface area contributed by atoms with Gasteiger partial charge in [0, 0.05) is 58.6 Å². The van der Waals surface area contributed by atoms with Crippen LogP contribution in [0.15, 0.2) is 53.7 Å². The summed E-state index contributed by atoms with van der Waals surface area (Å²) in [6, 6.07) is 15.5. The van der Waals surface area contributed by atoms with E-state index >= 15 is 0 Å². The Labute approximate surface area is 180 Å². The van der Waals surface area contributed by atoms with E-state index in [1.54, 1.807) is 0 Å². The van der Waals surface area contributed by atoms with E-state index in [-0.39, 0.29) is 0 Å². The number of nitrogens with zero attached hydrogens (tertiary/aromatic N) is 4. The van der Waals surface area contributed by atoms with Crippen LogP contribution >= 0.6 is 0 Å². The molecule has 4 rings (SSSR count). The number of likely N-dealkylation sites (tertiary alicyclic amines) is 1. The van der Waals surface area contributed by atoms with Crippen LogP contribution < -0.4 is 15.5 Å². The molecule has 0 spiro atoms. The zero-order valence-electron chi connectivity index (χ0n) is 18.1. The SMILES string of the molecule is CN=C(NCc1ccc(N2CCCC2)nc1)NC1CCN(Cc2ccccc2)CC1. The van der Waals surface area contributed by atoms with Gasteiger partial charge in [0.25, 0.3) is 0 Å². The van der Waals surface area contributed by atoms with Crippen molar-refractivity contribution in [3.05, 3.63) is 59.8 Å². The molecule has 6 nitrogen and oxygen atoms in total. The predicted octanol–water partition coefficient (Wildman–Crippen LogP) is 3.01. The van der Waals surface area contributed by atoms with Crippen LogP contribution in [-0.2, 0) is 13.1 Å². The Morgan fingerprint density at radius 3 is 2.43 bits per heavy atom. The van der Waals surface area contributed by atoms with E-state index in [9.17, 15) is 0 Å². The number of rotatable bonds is 6. The van der Waals surface area contributed by atoms with E-state index in [4.69, 9.17) is 0 Å². The second-order valence-corrected chi connectivity index (χ2v) is 8.32. The number of anilines is 1. The largest absolute Gasteiger partial charge is 0.357 e. The monoisotopic (exact) mass is 406 g/mol. The first-order valence-corrected chi connectivity index (χ1v) is 11.2. The van der Waals surface area contributed by atoms with Gasteiger partial charge in [-0.2, -0.15) is 0 Å². The van der Waals surface area contributed by atoms with Gasteiger partial charge in [-0.15, -0.1) is 0 Å². The second-order valence-electron chi connectivity index (χ2n) is 8.32. The minimum absolute atomic E-state index is 0.471. The van der Waals surface area contributed by atoms with Crippen molar-refractivity contribution in [1.29, 1.82) is 0 Å². The van der Waals surface area contributed by atoms with Crippen molar-refractivity contribution < 1.29 is 0 Å².